The van der Waals surface area contributed by atoms with E-state index in [-0.39, 0.29) is 0 Å². The normalized spacial score (nSPS) is 14.2. The molecule has 6 nitrogen and oxygen atoms in total. The molecule has 0 spiro atoms. The maximum absolute atomic E-state index is 4.69. The van der Waals surface area contributed by atoms with Gasteiger partial charge in [-0.05, 0) is 19.8 Å². The van der Waals surface area contributed by atoms with Gasteiger partial charge >= 0.3 is 0 Å². The minimum atomic E-state index is 0.549. The van der Waals surface area contributed by atoms with Crippen LogP contribution in [0.15, 0.2) is 12.4 Å². The van der Waals surface area contributed by atoms with E-state index in [1.54, 1.807) is 0 Å². The molecule has 21 heavy (non-hydrogen) atoms. The second-order valence-corrected chi connectivity index (χ2v) is 5.56. The van der Waals surface area contributed by atoms with E-state index in [9.17, 15) is 0 Å². The van der Waals surface area contributed by atoms with Gasteiger partial charge in [-0.2, -0.15) is 0 Å². The molecule has 2 N–H and O–H groups in total. The molecule has 0 unspecified atom stereocenters. The molecule has 1 aliphatic carbocycles. The summed E-state index contributed by atoms with van der Waals surface area (Å²) in [5, 5.41) is 6.60. The number of nitrogens with zero attached hydrogens (tertiary/aromatic N) is 4. The summed E-state index contributed by atoms with van der Waals surface area (Å²) in [5.74, 6) is 4.44. The van der Waals surface area contributed by atoms with Gasteiger partial charge in [0, 0.05) is 50.9 Å². The van der Waals surface area contributed by atoms with E-state index >= 15 is 0 Å². The maximum Gasteiger partial charge on any atom is 0.136 e. The van der Waals surface area contributed by atoms with Gasteiger partial charge in [-0.3, -0.25) is 0 Å². The van der Waals surface area contributed by atoms with Gasteiger partial charge in [0.25, 0.3) is 0 Å². The Hall–Kier alpha value is -2.11. The third kappa shape index (κ3) is 2.99. The maximum atomic E-state index is 4.69. The quantitative estimate of drug-likeness (QED) is 0.851. The van der Waals surface area contributed by atoms with Gasteiger partial charge in [-0.1, -0.05) is 0 Å². The molecule has 1 fully saturated rings. The lowest BCUT2D eigenvalue weighted by molar-refractivity contribution is 0.786. The van der Waals surface area contributed by atoms with E-state index in [1.165, 1.54) is 12.8 Å². The number of nitrogens with one attached hydrogen (secondary N) is 2. The van der Waals surface area contributed by atoms with Crippen LogP contribution in [0.5, 0.6) is 0 Å². The van der Waals surface area contributed by atoms with Gasteiger partial charge in [0.2, 0.25) is 0 Å². The second-order valence-electron chi connectivity index (χ2n) is 5.56. The van der Waals surface area contributed by atoms with Crippen LogP contribution in [0.2, 0.25) is 0 Å². The van der Waals surface area contributed by atoms with Crippen LogP contribution >= 0.6 is 0 Å². The lowest BCUT2D eigenvalue weighted by Gasteiger charge is -2.13. The molecule has 0 bridgehead atoms. The molecule has 2 aromatic rings. The lowest BCUT2D eigenvalue weighted by Crippen LogP contribution is -2.13. The van der Waals surface area contributed by atoms with E-state index in [4.69, 9.17) is 4.98 Å². The Morgan fingerprint density at radius 1 is 1.29 bits per heavy atom. The van der Waals surface area contributed by atoms with Gasteiger partial charge < -0.3 is 15.2 Å². The molecular formula is C15H22N6. The van der Waals surface area contributed by atoms with Gasteiger partial charge in [0.1, 0.15) is 23.3 Å². The third-order valence-electron chi connectivity index (χ3n) is 3.90. The first-order chi connectivity index (χ1) is 10.2. The second kappa shape index (κ2) is 5.71. The summed E-state index contributed by atoms with van der Waals surface area (Å²) in [6.45, 7) is 2.86. The van der Waals surface area contributed by atoms with Gasteiger partial charge in [0.15, 0.2) is 0 Å². The van der Waals surface area contributed by atoms with Crippen LogP contribution in [0, 0.1) is 6.92 Å². The van der Waals surface area contributed by atoms with E-state index in [0.29, 0.717) is 5.92 Å². The fraction of sp³-hybridized carbons (Fsp3) is 0.533. The smallest absolute Gasteiger partial charge is 0.136 e. The van der Waals surface area contributed by atoms with Crippen molar-refractivity contribution in [2.45, 2.75) is 32.1 Å². The van der Waals surface area contributed by atoms with E-state index < -0.39 is 0 Å². The number of rotatable bonds is 6. The number of hydrogen-bond acceptors (Lipinski definition) is 5. The van der Waals surface area contributed by atoms with E-state index in [0.717, 1.165) is 41.8 Å². The highest BCUT2D eigenvalue weighted by molar-refractivity contribution is 5.57. The molecular weight excluding hydrogens is 264 g/mol. The molecule has 0 aromatic carbocycles. The molecule has 2 heterocycles. The highest BCUT2D eigenvalue weighted by atomic mass is 15.1. The van der Waals surface area contributed by atoms with Crippen LogP contribution in [0.25, 0.3) is 0 Å². The lowest BCUT2D eigenvalue weighted by atomic mass is 10.2. The molecule has 1 saturated carbocycles. The molecule has 3 rings (SSSR count). The number of aromatic nitrogens is 4. The number of anilines is 2. The minimum absolute atomic E-state index is 0.549. The van der Waals surface area contributed by atoms with Crippen LogP contribution in [-0.2, 0) is 13.5 Å². The number of imidazole rings is 1. The van der Waals surface area contributed by atoms with Crippen molar-refractivity contribution in [2.24, 2.45) is 7.05 Å². The summed E-state index contributed by atoms with van der Waals surface area (Å²) in [4.78, 5) is 13.6. The van der Waals surface area contributed by atoms with E-state index in [2.05, 4.69) is 20.6 Å². The molecule has 0 amide bonds. The average molecular weight is 286 g/mol. The van der Waals surface area contributed by atoms with Crippen molar-refractivity contribution >= 4 is 11.6 Å². The topological polar surface area (TPSA) is 67.7 Å². The van der Waals surface area contributed by atoms with Gasteiger partial charge in [0.05, 0.1) is 0 Å². The fourth-order valence-electron chi connectivity index (χ4n) is 2.40. The number of aryl methyl sites for hydroxylation is 1. The molecule has 0 atom stereocenters. The largest absolute Gasteiger partial charge is 0.373 e. The fourth-order valence-corrected chi connectivity index (χ4v) is 2.40. The first kappa shape index (κ1) is 13.9. The molecule has 0 radical (unpaired) electrons. The van der Waals surface area contributed by atoms with Gasteiger partial charge in [-0.15, -0.1) is 0 Å². The van der Waals surface area contributed by atoms with Crippen LogP contribution in [0.3, 0.4) is 0 Å². The van der Waals surface area contributed by atoms with Crippen molar-refractivity contribution in [3.05, 3.63) is 29.6 Å². The summed E-state index contributed by atoms with van der Waals surface area (Å²) in [6, 6.07) is 0. The Balaban J connectivity index is 1.71. The molecule has 0 aliphatic heterocycles. The van der Waals surface area contributed by atoms with Crippen molar-refractivity contribution in [2.75, 3.05) is 24.2 Å². The van der Waals surface area contributed by atoms with Crippen LogP contribution in [0.4, 0.5) is 11.6 Å². The minimum Gasteiger partial charge on any atom is -0.373 e. The Morgan fingerprint density at radius 2 is 2.05 bits per heavy atom. The monoisotopic (exact) mass is 286 g/mol. The van der Waals surface area contributed by atoms with Crippen molar-refractivity contribution in [3.8, 4) is 0 Å². The van der Waals surface area contributed by atoms with Crippen molar-refractivity contribution in [1.82, 2.24) is 19.5 Å². The van der Waals surface area contributed by atoms with E-state index in [1.807, 2.05) is 38.0 Å². The Kier molecular flexibility index (Phi) is 3.77. The predicted octanol–water partition coefficient (Wildman–Crippen LogP) is 2.09. The Morgan fingerprint density at radius 3 is 2.67 bits per heavy atom. The number of hydrogen-bond donors (Lipinski definition) is 2. The predicted molar refractivity (Wildman–Crippen MR) is 83.7 cm³/mol. The highest BCUT2D eigenvalue weighted by Crippen LogP contribution is 2.39. The van der Waals surface area contributed by atoms with Crippen molar-refractivity contribution in [3.63, 3.8) is 0 Å². The zero-order valence-corrected chi connectivity index (χ0v) is 12.8. The third-order valence-corrected chi connectivity index (χ3v) is 3.90. The zero-order valence-electron chi connectivity index (χ0n) is 12.8. The SMILES string of the molecule is CNc1nc(C2CC2)nc(NCCc2nccn2C)c1C. The molecule has 0 saturated heterocycles. The average Bonchev–Trinajstić information content (AvgIpc) is 3.25. The molecule has 6 heteroatoms. The summed E-state index contributed by atoms with van der Waals surface area (Å²) in [7, 11) is 3.92. The summed E-state index contributed by atoms with van der Waals surface area (Å²) >= 11 is 0. The summed E-state index contributed by atoms with van der Waals surface area (Å²) in [5.41, 5.74) is 1.07. The first-order valence-electron chi connectivity index (χ1n) is 7.45. The standard InChI is InChI=1S/C15H22N6/c1-10-13(16-2)19-15(11-4-5-11)20-14(10)18-7-6-12-17-8-9-21(12)3/h8-9,11H,4-7H2,1-3H3,(H2,16,18,19,20). The molecule has 112 valence electrons. The van der Waals surface area contributed by atoms with Crippen LogP contribution in [-0.4, -0.2) is 33.1 Å². The molecule has 1 aliphatic rings. The van der Waals surface area contributed by atoms with Crippen molar-refractivity contribution < 1.29 is 0 Å². The Bertz CT molecular complexity index is 629. The zero-order chi connectivity index (χ0) is 14.8. The van der Waals surface area contributed by atoms with Crippen LogP contribution in [0.1, 0.15) is 36.0 Å². The van der Waals surface area contributed by atoms with Gasteiger partial charge in [-0.25, -0.2) is 15.0 Å². The first-order valence-corrected chi connectivity index (χ1v) is 7.45. The summed E-state index contributed by atoms with van der Waals surface area (Å²) in [6.07, 6.45) is 7.09. The van der Waals surface area contributed by atoms with Crippen LogP contribution < -0.4 is 10.6 Å². The Labute approximate surface area is 125 Å². The summed E-state index contributed by atoms with van der Waals surface area (Å²) < 4.78 is 2.04. The van der Waals surface area contributed by atoms with Crippen molar-refractivity contribution in [1.29, 1.82) is 0 Å². The molecule has 2 aromatic heterocycles. The highest BCUT2D eigenvalue weighted by Gasteiger charge is 2.28.